The molecule has 16 heavy (non-hydrogen) atoms. The van der Waals surface area contributed by atoms with Crippen molar-refractivity contribution in [3.63, 3.8) is 0 Å². The lowest BCUT2D eigenvalue weighted by Gasteiger charge is -2.44. The van der Waals surface area contributed by atoms with Crippen LogP contribution in [0.25, 0.3) is 0 Å². The number of carboxylic acids is 1. The highest BCUT2D eigenvalue weighted by Crippen LogP contribution is 2.18. The molecule has 0 aromatic carbocycles. The molecule has 1 fully saturated rings. The van der Waals surface area contributed by atoms with Gasteiger partial charge in [-0.25, -0.2) is 0 Å². The average Bonchev–Trinajstić information content (AvgIpc) is 2.10. The van der Waals surface area contributed by atoms with Crippen LogP contribution >= 0.6 is 0 Å². The van der Waals surface area contributed by atoms with Crippen LogP contribution in [0.4, 0.5) is 0 Å². The van der Waals surface area contributed by atoms with Gasteiger partial charge in [0, 0.05) is 19.1 Å². The van der Waals surface area contributed by atoms with E-state index in [-0.39, 0.29) is 12.0 Å². The van der Waals surface area contributed by atoms with Gasteiger partial charge >= 0.3 is 5.97 Å². The standard InChI is InChI=1S/C12H24N2O2/c1-9(2)4-5-10(3)14-12(6-11(15)16)7-13-8-12/h9-10,13-14H,4-8H2,1-3H3,(H,15,16). The highest BCUT2D eigenvalue weighted by Gasteiger charge is 2.39. The highest BCUT2D eigenvalue weighted by molar-refractivity contribution is 5.68. The molecule has 1 unspecified atom stereocenters. The summed E-state index contributed by atoms with van der Waals surface area (Å²) in [5.74, 6) is -0.00995. The van der Waals surface area contributed by atoms with Gasteiger partial charge in [-0.3, -0.25) is 4.79 Å². The molecule has 3 N–H and O–H groups in total. The van der Waals surface area contributed by atoms with Crippen LogP contribution in [-0.2, 0) is 4.79 Å². The Hall–Kier alpha value is -0.610. The third-order valence-electron chi connectivity index (χ3n) is 3.15. The number of hydrogen-bond donors (Lipinski definition) is 3. The zero-order valence-electron chi connectivity index (χ0n) is 10.5. The fourth-order valence-electron chi connectivity index (χ4n) is 2.17. The van der Waals surface area contributed by atoms with Gasteiger partial charge in [0.2, 0.25) is 0 Å². The molecular formula is C12H24N2O2. The normalized spacial score (nSPS) is 20.5. The van der Waals surface area contributed by atoms with Gasteiger partial charge in [-0.1, -0.05) is 13.8 Å². The topological polar surface area (TPSA) is 61.4 Å². The molecule has 94 valence electrons. The van der Waals surface area contributed by atoms with Gasteiger partial charge in [0.1, 0.15) is 0 Å². The molecular weight excluding hydrogens is 204 g/mol. The van der Waals surface area contributed by atoms with Gasteiger partial charge < -0.3 is 15.7 Å². The first-order valence-electron chi connectivity index (χ1n) is 6.14. The zero-order valence-corrected chi connectivity index (χ0v) is 10.5. The lowest BCUT2D eigenvalue weighted by Crippen LogP contribution is -2.70. The van der Waals surface area contributed by atoms with Crippen LogP contribution in [0.1, 0.15) is 40.0 Å². The highest BCUT2D eigenvalue weighted by atomic mass is 16.4. The van der Waals surface area contributed by atoms with Crippen LogP contribution in [0, 0.1) is 5.92 Å². The van der Waals surface area contributed by atoms with Crippen molar-refractivity contribution in [1.29, 1.82) is 0 Å². The molecule has 4 nitrogen and oxygen atoms in total. The van der Waals surface area contributed by atoms with E-state index in [9.17, 15) is 4.79 Å². The first-order chi connectivity index (χ1) is 7.43. The Bertz CT molecular complexity index is 237. The zero-order chi connectivity index (χ0) is 12.2. The van der Waals surface area contributed by atoms with Gasteiger partial charge in [-0.15, -0.1) is 0 Å². The maximum absolute atomic E-state index is 10.8. The summed E-state index contributed by atoms with van der Waals surface area (Å²) in [6.45, 7) is 8.11. The Kier molecular flexibility index (Phi) is 4.74. The summed E-state index contributed by atoms with van der Waals surface area (Å²) >= 11 is 0. The molecule has 0 saturated carbocycles. The monoisotopic (exact) mass is 228 g/mol. The molecule has 1 rings (SSSR count). The second-order valence-electron chi connectivity index (χ2n) is 5.47. The van der Waals surface area contributed by atoms with Crippen molar-refractivity contribution in [2.75, 3.05) is 13.1 Å². The molecule has 4 heteroatoms. The Balaban J connectivity index is 2.34. The number of carbonyl (C=O) groups is 1. The number of rotatable bonds is 7. The quantitative estimate of drug-likeness (QED) is 0.613. The van der Waals surface area contributed by atoms with E-state index in [0.717, 1.165) is 19.5 Å². The Morgan fingerprint density at radius 3 is 2.38 bits per heavy atom. The van der Waals surface area contributed by atoms with E-state index in [1.165, 1.54) is 6.42 Å². The lowest BCUT2D eigenvalue weighted by molar-refractivity contribution is -0.139. The summed E-state index contributed by atoms with van der Waals surface area (Å²) in [6.07, 6.45) is 2.51. The van der Waals surface area contributed by atoms with E-state index in [1.807, 2.05) is 0 Å². The predicted molar refractivity (Wildman–Crippen MR) is 64.5 cm³/mol. The van der Waals surface area contributed by atoms with Crippen LogP contribution in [0.15, 0.2) is 0 Å². The van der Waals surface area contributed by atoms with Crippen LogP contribution in [0.3, 0.4) is 0 Å². The predicted octanol–water partition coefficient (Wildman–Crippen LogP) is 1.22. The van der Waals surface area contributed by atoms with Gasteiger partial charge in [0.15, 0.2) is 0 Å². The lowest BCUT2D eigenvalue weighted by atomic mass is 9.87. The SMILES string of the molecule is CC(C)CCC(C)NC1(CC(=O)O)CNC1. The first-order valence-corrected chi connectivity index (χ1v) is 6.14. The van der Waals surface area contributed by atoms with Gasteiger partial charge in [-0.05, 0) is 25.7 Å². The Morgan fingerprint density at radius 1 is 1.38 bits per heavy atom. The van der Waals surface area contributed by atoms with E-state index in [1.54, 1.807) is 0 Å². The van der Waals surface area contributed by atoms with E-state index >= 15 is 0 Å². The number of hydrogen-bond acceptors (Lipinski definition) is 3. The van der Waals surface area contributed by atoms with Gasteiger partial charge in [0.25, 0.3) is 0 Å². The summed E-state index contributed by atoms with van der Waals surface area (Å²) in [6, 6.07) is 0.392. The second kappa shape index (κ2) is 5.64. The molecule has 0 spiro atoms. The van der Waals surface area contributed by atoms with Crippen molar-refractivity contribution >= 4 is 5.97 Å². The number of carboxylic acid groups (broad SMARTS) is 1. The first kappa shape index (κ1) is 13.5. The third-order valence-corrected chi connectivity index (χ3v) is 3.15. The average molecular weight is 228 g/mol. The van der Waals surface area contributed by atoms with Crippen molar-refractivity contribution in [2.24, 2.45) is 5.92 Å². The summed E-state index contributed by atoms with van der Waals surface area (Å²) in [7, 11) is 0. The Labute approximate surface area is 97.8 Å². The molecule has 0 aromatic heterocycles. The van der Waals surface area contributed by atoms with E-state index in [4.69, 9.17) is 5.11 Å². The van der Waals surface area contributed by atoms with Crippen molar-refractivity contribution in [1.82, 2.24) is 10.6 Å². The molecule has 1 heterocycles. The third kappa shape index (κ3) is 4.10. The smallest absolute Gasteiger partial charge is 0.305 e. The summed E-state index contributed by atoms with van der Waals surface area (Å²) < 4.78 is 0. The molecule has 0 aromatic rings. The van der Waals surface area contributed by atoms with Crippen molar-refractivity contribution in [3.8, 4) is 0 Å². The summed E-state index contributed by atoms with van der Waals surface area (Å²) in [4.78, 5) is 10.8. The molecule has 0 bridgehead atoms. The minimum absolute atomic E-state index is 0.206. The summed E-state index contributed by atoms with van der Waals surface area (Å²) in [5.41, 5.74) is -0.206. The fraction of sp³-hybridized carbons (Fsp3) is 0.917. The Morgan fingerprint density at radius 2 is 2.00 bits per heavy atom. The summed E-state index contributed by atoms with van der Waals surface area (Å²) in [5, 5.41) is 15.5. The van der Waals surface area contributed by atoms with Crippen molar-refractivity contribution < 1.29 is 9.90 Å². The molecule has 1 aliphatic heterocycles. The van der Waals surface area contributed by atoms with E-state index in [2.05, 4.69) is 31.4 Å². The van der Waals surface area contributed by atoms with Crippen LogP contribution in [0.5, 0.6) is 0 Å². The minimum Gasteiger partial charge on any atom is -0.481 e. The molecule has 0 radical (unpaired) electrons. The maximum Gasteiger partial charge on any atom is 0.305 e. The fourth-order valence-corrected chi connectivity index (χ4v) is 2.17. The van der Waals surface area contributed by atoms with E-state index < -0.39 is 5.97 Å². The van der Waals surface area contributed by atoms with E-state index in [0.29, 0.717) is 12.0 Å². The van der Waals surface area contributed by atoms with Crippen LogP contribution < -0.4 is 10.6 Å². The van der Waals surface area contributed by atoms with Gasteiger partial charge in [-0.2, -0.15) is 0 Å². The second-order valence-corrected chi connectivity index (χ2v) is 5.47. The van der Waals surface area contributed by atoms with Crippen molar-refractivity contribution in [2.45, 2.75) is 51.6 Å². The van der Waals surface area contributed by atoms with Crippen molar-refractivity contribution in [3.05, 3.63) is 0 Å². The van der Waals surface area contributed by atoms with Crippen LogP contribution in [0.2, 0.25) is 0 Å². The molecule has 0 amide bonds. The van der Waals surface area contributed by atoms with Crippen LogP contribution in [-0.4, -0.2) is 35.7 Å². The number of aliphatic carboxylic acids is 1. The molecule has 0 aliphatic carbocycles. The number of nitrogens with one attached hydrogen (secondary N) is 2. The minimum atomic E-state index is -0.718. The molecule has 1 atom stereocenters. The molecule has 1 saturated heterocycles. The largest absolute Gasteiger partial charge is 0.481 e. The molecule has 1 aliphatic rings. The van der Waals surface area contributed by atoms with Gasteiger partial charge in [0.05, 0.1) is 12.0 Å². The maximum atomic E-state index is 10.8.